The lowest BCUT2D eigenvalue weighted by Gasteiger charge is -2.40. The number of piperidine rings is 1. The van der Waals surface area contributed by atoms with Gasteiger partial charge < -0.3 is 15.3 Å². The fraction of sp³-hybridized carbons (Fsp3) is 0.929. The summed E-state index contributed by atoms with van der Waals surface area (Å²) in [5, 5.41) is 12.5. The number of aliphatic hydroxyl groups excluding tert-OH is 1. The van der Waals surface area contributed by atoms with E-state index in [9.17, 15) is 4.79 Å². The predicted molar refractivity (Wildman–Crippen MR) is 71.3 cm³/mol. The fourth-order valence-electron chi connectivity index (χ4n) is 3.20. The number of hydrogen-bond acceptors (Lipinski definition) is 3. The number of nitrogens with one attached hydrogen (secondary N) is 1. The Morgan fingerprint density at radius 2 is 2.06 bits per heavy atom. The van der Waals surface area contributed by atoms with Crippen LogP contribution < -0.4 is 5.32 Å². The van der Waals surface area contributed by atoms with Gasteiger partial charge >= 0.3 is 0 Å². The molecule has 0 bridgehead atoms. The third-order valence-electron chi connectivity index (χ3n) is 4.33. The van der Waals surface area contributed by atoms with Crippen LogP contribution >= 0.6 is 0 Å². The molecule has 0 aromatic carbocycles. The van der Waals surface area contributed by atoms with Crippen molar-refractivity contribution in [3.63, 3.8) is 0 Å². The summed E-state index contributed by atoms with van der Waals surface area (Å²) >= 11 is 0. The average Bonchev–Trinajstić information content (AvgIpc) is 3.21. The Morgan fingerprint density at radius 1 is 1.39 bits per heavy atom. The van der Waals surface area contributed by atoms with Crippen molar-refractivity contribution in [3.8, 4) is 0 Å². The van der Waals surface area contributed by atoms with E-state index in [1.807, 2.05) is 4.90 Å². The van der Waals surface area contributed by atoms with E-state index >= 15 is 0 Å². The predicted octanol–water partition coefficient (Wildman–Crippen LogP) is 1.14. The first-order valence-corrected chi connectivity index (χ1v) is 7.36. The van der Waals surface area contributed by atoms with Crippen LogP contribution in [0.15, 0.2) is 0 Å². The molecule has 104 valence electrons. The van der Waals surface area contributed by atoms with Crippen molar-refractivity contribution in [1.29, 1.82) is 0 Å². The van der Waals surface area contributed by atoms with Crippen molar-refractivity contribution in [1.82, 2.24) is 10.2 Å². The standard InChI is InChI=1S/C14H26N2O2/c1-2-5-14(6-8-15-9-7-14)13(18)16(10-11-17)12-3-4-12/h12,15,17H,2-11H2,1H3. The minimum atomic E-state index is -0.155. The molecule has 2 fully saturated rings. The van der Waals surface area contributed by atoms with E-state index in [0.29, 0.717) is 18.5 Å². The molecule has 4 nitrogen and oxygen atoms in total. The molecule has 1 saturated heterocycles. The minimum absolute atomic E-state index is 0.0860. The van der Waals surface area contributed by atoms with Gasteiger partial charge in [0.05, 0.1) is 12.0 Å². The smallest absolute Gasteiger partial charge is 0.229 e. The summed E-state index contributed by atoms with van der Waals surface area (Å²) in [5.74, 6) is 0.308. The van der Waals surface area contributed by atoms with E-state index in [4.69, 9.17) is 5.11 Å². The van der Waals surface area contributed by atoms with Crippen LogP contribution in [0, 0.1) is 5.41 Å². The Balaban J connectivity index is 2.09. The van der Waals surface area contributed by atoms with Crippen LogP contribution in [0.25, 0.3) is 0 Å². The highest BCUT2D eigenvalue weighted by Crippen LogP contribution is 2.39. The molecule has 1 aliphatic carbocycles. The van der Waals surface area contributed by atoms with Crippen LogP contribution in [0.2, 0.25) is 0 Å². The summed E-state index contributed by atoms with van der Waals surface area (Å²) in [7, 11) is 0. The van der Waals surface area contributed by atoms with E-state index in [2.05, 4.69) is 12.2 Å². The summed E-state index contributed by atoms with van der Waals surface area (Å²) in [4.78, 5) is 14.8. The van der Waals surface area contributed by atoms with Crippen molar-refractivity contribution in [3.05, 3.63) is 0 Å². The number of amides is 1. The molecule has 1 heterocycles. The van der Waals surface area contributed by atoms with Crippen molar-refractivity contribution in [2.45, 2.75) is 51.5 Å². The van der Waals surface area contributed by atoms with Crippen LogP contribution in [0.1, 0.15) is 45.4 Å². The second kappa shape index (κ2) is 6.02. The molecule has 1 aliphatic heterocycles. The summed E-state index contributed by atoms with van der Waals surface area (Å²) in [5.41, 5.74) is -0.155. The molecule has 18 heavy (non-hydrogen) atoms. The number of nitrogens with zero attached hydrogens (tertiary/aromatic N) is 1. The van der Waals surface area contributed by atoms with Gasteiger partial charge in [-0.3, -0.25) is 4.79 Å². The van der Waals surface area contributed by atoms with Gasteiger partial charge in [0, 0.05) is 12.6 Å². The minimum Gasteiger partial charge on any atom is -0.395 e. The summed E-state index contributed by atoms with van der Waals surface area (Å²) in [6.45, 7) is 4.66. The van der Waals surface area contributed by atoms with E-state index in [0.717, 1.165) is 51.6 Å². The number of aliphatic hydroxyl groups is 1. The Morgan fingerprint density at radius 3 is 2.56 bits per heavy atom. The highest BCUT2D eigenvalue weighted by atomic mass is 16.3. The maximum atomic E-state index is 12.9. The van der Waals surface area contributed by atoms with Gasteiger partial charge in [0.2, 0.25) is 5.91 Å². The number of carbonyl (C=O) groups excluding carboxylic acids is 1. The third-order valence-corrected chi connectivity index (χ3v) is 4.33. The lowest BCUT2D eigenvalue weighted by Crippen LogP contribution is -2.50. The first-order chi connectivity index (χ1) is 8.73. The maximum Gasteiger partial charge on any atom is 0.229 e. The second-order valence-electron chi connectivity index (χ2n) is 5.73. The van der Waals surface area contributed by atoms with Crippen LogP contribution in [-0.2, 0) is 4.79 Å². The Bertz CT molecular complexity index is 278. The normalized spacial score (nSPS) is 22.8. The highest BCUT2D eigenvalue weighted by molar-refractivity contribution is 5.83. The molecule has 1 saturated carbocycles. The topological polar surface area (TPSA) is 52.6 Å². The van der Waals surface area contributed by atoms with Gasteiger partial charge in [-0.1, -0.05) is 13.3 Å². The zero-order valence-electron chi connectivity index (χ0n) is 11.5. The lowest BCUT2D eigenvalue weighted by atomic mass is 9.74. The number of rotatable bonds is 6. The van der Waals surface area contributed by atoms with Gasteiger partial charge in [-0.05, 0) is 45.2 Å². The number of hydrogen-bond donors (Lipinski definition) is 2. The molecular formula is C14H26N2O2. The van der Waals surface area contributed by atoms with Crippen LogP contribution in [-0.4, -0.2) is 48.2 Å². The van der Waals surface area contributed by atoms with Gasteiger partial charge in [-0.2, -0.15) is 0 Å². The summed E-state index contributed by atoms with van der Waals surface area (Å²) < 4.78 is 0. The fourth-order valence-corrected chi connectivity index (χ4v) is 3.20. The SMILES string of the molecule is CCCC1(C(=O)N(CCO)C2CC2)CCNCC1. The number of carbonyl (C=O) groups is 1. The molecular weight excluding hydrogens is 228 g/mol. The zero-order chi connectivity index (χ0) is 13.0. The van der Waals surface area contributed by atoms with E-state index in [-0.39, 0.29) is 12.0 Å². The van der Waals surface area contributed by atoms with Crippen molar-refractivity contribution >= 4 is 5.91 Å². The molecule has 2 N–H and O–H groups in total. The highest BCUT2D eigenvalue weighted by Gasteiger charge is 2.44. The molecule has 4 heteroatoms. The van der Waals surface area contributed by atoms with Crippen molar-refractivity contribution < 1.29 is 9.90 Å². The molecule has 0 aromatic heterocycles. The second-order valence-corrected chi connectivity index (χ2v) is 5.73. The molecule has 2 rings (SSSR count). The van der Waals surface area contributed by atoms with Crippen LogP contribution in [0.4, 0.5) is 0 Å². The molecule has 0 unspecified atom stereocenters. The first-order valence-electron chi connectivity index (χ1n) is 7.36. The molecule has 2 aliphatic rings. The summed E-state index contributed by atoms with van der Waals surface area (Å²) in [6.07, 6.45) is 6.19. The molecule has 0 radical (unpaired) electrons. The Kier molecular flexibility index (Phi) is 4.62. The lowest BCUT2D eigenvalue weighted by molar-refractivity contribution is -0.145. The van der Waals surface area contributed by atoms with Crippen LogP contribution in [0.3, 0.4) is 0 Å². The Hall–Kier alpha value is -0.610. The van der Waals surface area contributed by atoms with E-state index in [1.54, 1.807) is 0 Å². The van der Waals surface area contributed by atoms with Gasteiger partial charge in [0.25, 0.3) is 0 Å². The van der Waals surface area contributed by atoms with Crippen molar-refractivity contribution in [2.24, 2.45) is 5.41 Å². The monoisotopic (exact) mass is 254 g/mol. The largest absolute Gasteiger partial charge is 0.395 e. The zero-order valence-corrected chi connectivity index (χ0v) is 11.5. The van der Waals surface area contributed by atoms with Gasteiger partial charge in [-0.25, -0.2) is 0 Å². The molecule has 0 atom stereocenters. The molecule has 0 aromatic rings. The van der Waals surface area contributed by atoms with Gasteiger partial charge in [0.1, 0.15) is 0 Å². The van der Waals surface area contributed by atoms with E-state index < -0.39 is 0 Å². The molecule has 0 spiro atoms. The van der Waals surface area contributed by atoms with Crippen LogP contribution in [0.5, 0.6) is 0 Å². The Labute approximate surface area is 110 Å². The first kappa shape index (κ1) is 13.8. The maximum absolute atomic E-state index is 12.9. The third kappa shape index (κ3) is 2.86. The van der Waals surface area contributed by atoms with Gasteiger partial charge in [0.15, 0.2) is 0 Å². The average molecular weight is 254 g/mol. The van der Waals surface area contributed by atoms with E-state index in [1.165, 1.54) is 0 Å². The quantitative estimate of drug-likeness (QED) is 0.747. The molecule has 1 amide bonds. The van der Waals surface area contributed by atoms with Crippen molar-refractivity contribution in [2.75, 3.05) is 26.2 Å². The summed E-state index contributed by atoms with van der Waals surface area (Å²) in [6, 6.07) is 0.410. The van der Waals surface area contributed by atoms with Gasteiger partial charge in [-0.15, -0.1) is 0 Å².